The molecule has 5 heteroatoms. The Morgan fingerprint density at radius 2 is 1.92 bits per heavy atom. The highest BCUT2D eigenvalue weighted by atomic mass is 16.5. The molecule has 1 heterocycles. The number of para-hydroxylation sites is 1. The van der Waals surface area contributed by atoms with Crippen molar-refractivity contribution in [2.24, 2.45) is 5.10 Å². The number of carbonyl (C=O) groups is 1. The van der Waals surface area contributed by atoms with Gasteiger partial charge in [0.05, 0.1) is 13.3 Å². The Labute approximate surface area is 146 Å². The molecule has 0 fully saturated rings. The average molecular weight is 333 g/mol. The maximum absolute atomic E-state index is 12.1. The number of aryl methyl sites for hydroxylation is 1. The van der Waals surface area contributed by atoms with Crippen LogP contribution in [0.4, 0.5) is 0 Å². The van der Waals surface area contributed by atoms with E-state index in [2.05, 4.69) is 15.1 Å². The van der Waals surface area contributed by atoms with E-state index in [9.17, 15) is 4.79 Å². The number of nitrogens with one attached hydrogen (secondary N) is 1. The molecule has 126 valence electrons. The second kappa shape index (κ2) is 7.49. The van der Waals surface area contributed by atoms with Crippen molar-refractivity contribution in [2.75, 3.05) is 7.11 Å². The van der Waals surface area contributed by atoms with Crippen molar-refractivity contribution in [3.8, 4) is 11.4 Å². The molecule has 0 aliphatic carbocycles. The van der Waals surface area contributed by atoms with Crippen LogP contribution in [0.1, 0.15) is 21.6 Å². The van der Waals surface area contributed by atoms with Crippen molar-refractivity contribution >= 4 is 12.1 Å². The van der Waals surface area contributed by atoms with Crippen LogP contribution in [-0.4, -0.2) is 23.8 Å². The zero-order valence-corrected chi connectivity index (χ0v) is 14.1. The molecule has 5 nitrogen and oxygen atoms in total. The minimum atomic E-state index is -0.283. The lowest BCUT2D eigenvalue weighted by Crippen LogP contribution is -2.17. The lowest BCUT2D eigenvalue weighted by molar-refractivity contribution is 0.0955. The molecular formula is C20H19N3O2. The number of carbonyl (C=O) groups excluding carboxylic acids is 1. The Hall–Kier alpha value is -3.34. The molecule has 3 aromatic rings. The third-order valence-corrected chi connectivity index (χ3v) is 3.78. The number of ether oxygens (including phenoxy) is 1. The monoisotopic (exact) mass is 333 g/mol. The van der Waals surface area contributed by atoms with Crippen LogP contribution in [0.15, 0.2) is 72.0 Å². The van der Waals surface area contributed by atoms with E-state index >= 15 is 0 Å². The van der Waals surface area contributed by atoms with E-state index in [1.165, 1.54) is 0 Å². The minimum Gasteiger partial charge on any atom is -0.497 e. The number of methoxy groups -OCH3 is 1. The maximum atomic E-state index is 12.1. The molecule has 0 radical (unpaired) electrons. The number of amides is 1. The van der Waals surface area contributed by atoms with Crippen LogP contribution >= 0.6 is 0 Å². The predicted molar refractivity (Wildman–Crippen MR) is 98.6 cm³/mol. The van der Waals surface area contributed by atoms with Gasteiger partial charge in [0.15, 0.2) is 0 Å². The third-order valence-electron chi connectivity index (χ3n) is 3.78. The fourth-order valence-corrected chi connectivity index (χ4v) is 2.53. The van der Waals surface area contributed by atoms with Gasteiger partial charge < -0.3 is 9.30 Å². The Morgan fingerprint density at radius 3 is 2.68 bits per heavy atom. The van der Waals surface area contributed by atoms with Gasteiger partial charge in [-0.1, -0.05) is 24.3 Å². The molecule has 0 saturated heterocycles. The van der Waals surface area contributed by atoms with Gasteiger partial charge in [0.25, 0.3) is 5.91 Å². The summed E-state index contributed by atoms with van der Waals surface area (Å²) >= 11 is 0. The summed E-state index contributed by atoms with van der Waals surface area (Å²) in [6.45, 7) is 2.03. The van der Waals surface area contributed by atoms with Crippen molar-refractivity contribution in [3.05, 3.63) is 83.7 Å². The summed E-state index contributed by atoms with van der Waals surface area (Å²) in [5, 5.41) is 4.04. The number of hydrazone groups is 1. The van der Waals surface area contributed by atoms with Crippen LogP contribution in [0.2, 0.25) is 0 Å². The van der Waals surface area contributed by atoms with E-state index in [1.807, 2.05) is 49.5 Å². The zero-order valence-electron chi connectivity index (χ0n) is 14.1. The number of hydrogen-bond acceptors (Lipinski definition) is 3. The molecule has 0 unspecified atom stereocenters. The summed E-state index contributed by atoms with van der Waals surface area (Å²) in [4.78, 5) is 12.1. The first-order valence-electron chi connectivity index (χ1n) is 7.89. The number of nitrogens with zero attached hydrogens (tertiary/aromatic N) is 2. The van der Waals surface area contributed by atoms with Gasteiger partial charge in [-0.15, -0.1) is 0 Å². The molecule has 3 rings (SSSR count). The summed E-state index contributed by atoms with van der Waals surface area (Å²) in [6, 6.07) is 19.0. The molecule has 1 N–H and O–H groups in total. The number of aromatic nitrogens is 1. The highest BCUT2D eigenvalue weighted by Crippen LogP contribution is 2.14. The zero-order chi connectivity index (χ0) is 17.6. The molecule has 0 aliphatic heterocycles. The van der Waals surface area contributed by atoms with E-state index in [-0.39, 0.29) is 5.91 Å². The van der Waals surface area contributed by atoms with Crippen molar-refractivity contribution < 1.29 is 9.53 Å². The quantitative estimate of drug-likeness (QED) is 0.573. The average Bonchev–Trinajstić information content (AvgIpc) is 3.03. The Kier molecular flexibility index (Phi) is 4.95. The molecule has 0 bridgehead atoms. The molecule has 1 aromatic heterocycles. The Bertz CT molecular complexity index is 898. The SMILES string of the molecule is COc1cccc(C(=O)N/N=C\c2cc(C)n(-c3ccccc3)c2)c1. The maximum Gasteiger partial charge on any atom is 0.271 e. The van der Waals surface area contributed by atoms with Crippen LogP contribution in [0.3, 0.4) is 0 Å². The smallest absolute Gasteiger partial charge is 0.271 e. The van der Waals surface area contributed by atoms with Crippen molar-refractivity contribution in [1.82, 2.24) is 9.99 Å². The van der Waals surface area contributed by atoms with E-state index in [1.54, 1.807) is 37.6 Å². The molecule has 0 saturated carbocycles. The first-order valence-corrected chi connectivity index (χ1v) is 7.89. The first-order chi connectivity index (χ1) is 12.2. The van der Waals surface area contributed by atoms with Gasteiger partial charge in [-0.3, -0.25) is 4.79 Å². The Morgan fingerprint density at radius 1 is 1.12 bits per heavy atom. The summed E-state index contributed by atoms with van der Waals surface area (Å²) in [7, 11) is 1.56. The summed E-state index contributed by atoms with van der Waals surface area (Å²) in [6.07, 6.45) is 3.61. The predicted octanol–water partition coefficient (Wildman–Crippen LogP) is 3.56. The van der Waals surface area contributed by atoms with Gasteiger partial charge in [0.1, 0.15) is 5.75 Å². The molecule has 0 aliphatic rings. The largest absolute Gasteiger partial charge is 0.497 e. The summed E-state index contributed by atoms with van der Waals surface area (Å²) in [5.41, 5.74) is 6.11. The molecule has 2 aromatic carbocycles. The lowest BCUT2D eigenvalue weighted by atomic mass is 10.2. The van der Waals surface area contributed by atoms with Gasteiger partial charge in [0, 0.05) is 28.7 Å². The number of hydrogen-bond donors (Lipinski definition) is 1. The molecule has 25 heavy (non-hydrogen) atoms. The lowest BCUT2D eigenvalue weighted by Gasteiger charge is -2.04. The normalized spacial score (nSPS) is 10.8. The second-order valence-corrected chi connectivity index (χ2v) is 5.55. The molecule has 0 spiro atoms. The van der Waals surface area contributed by atoms with E-state index in [4.69, 9.17) is 4.74 Å². The standard InChI is InChI=1S/C20H19N3O2/c1-15-11-16(14-23(15)18-8-4-3-5-9-18)13-21-22-20(24)17-7-6-10-19(12-17)25-2/h3-14H,1-2H3,(H,22,24)/b21-13-. The first kappa shape index (κ1) is 16.5. The Balaban J connectivity index is 1.69. The van der Waals surface area contributed by atoms with Gasteiger partial charge in [-0.25, -0.2) is 5.43 Å². The van der Waals surface area contributed by atoms with Crippen LogP contribution < -0.4 is 10.2 Å². The van der Waals surface area contributed by atoms with E-state index in [0.717, 1.165) is 16.9 Å². The van der Waals surface area contributed by atoms with Crippen molar-refractivity contribution in [1.29, 1.82) is 0 Å². The van der Waals surface area contributed by atoms with E-state index in [0.29, 0.717) is 11.3 Å². The highest BCUT2D eigenvalue weighted by molar-refractivity contribution is 5.95. The fraction of sp³-hybridized carbons (Fsp3) is 0.100. The van der Waals surface area contributed by atoms with Crippen molar-refractivity contribution in [3.63, 3.8) is 0 Å². The van der Waals surface area contributed by atoms with Crippen molar-refractivity contribution in [2.45, 2.75) is 6.92 Å². The number of rotatable bonds is 5. The third kappa shape index (κ3) is 3.95. The fourth-order valence-electron chi connectivity index (χ4n) is 2.53. The van der Waals surface area contributed by atoms with Gasteiger partial charge >= 0.3 is 0 Å². The molecule has 1 amide bonds. The van der Waals surface area contributed by atoms with Crippen LogP contribution in [0.25, 0.3) is 5.69 Å². The molecular weight excluding hydrogens is 314 g/mol. The highest BCUT2D eigenvalue weighted by Gasteiger charge is 2.06. The van der Waals surface area contributed by atoms with Crippen LogP contribution in [0, 0.1) is 6.92 Å². The number of benzene rings is 2. The topological polar surface area (TPSA) is 55.6 Å². The van der Waals surface area contributed by atoms with Gasteiger partial charge in [0.2, 0.25) is 0 Å². The van der Waals surface area contributed by atoms with Gasteiger partial charge in [-0.2, -0.15) is 5.10 Å². The second-order valence-electron chi connectivity index (χ2n) is 5.55. The van der Waals surface area contributed by atoms with Crippen LogP contribution in [0.5, 0.6) is 5.75 Å². The van der Waals surface area contributed by atoms with Crippen LogP contribution in [-0.2, 0) is 0 Å². The van der Waals surface area contributed by atoms with E-state index < -0.39 is 0 Å². The summed E-state index contributed by atoms with van der Waals surface area (Å²) in [5.74, 6) is 0.349. The minimum absolute atomic E-state index is 0.283. The summed E-state index contributed by atoms with van der Waals surface area (Å²) < 4.78 is 7.19. The van der Waals surface area contributed by atoms with Gasteiger partial charge in [-0.05, 0) is 43.3 Å². The molecule has 0 atom stereocenters.